The first kappa shape index (κ1) is 31.7. The van der Waals surface area contributed by atoms with E-state index in [4.69, 9.17) is 6.58 Å². The quantitative estimate of drug-likeness (QED) is 0.175. The van der Waals surface area contributed by atoms with E-state index in [1.54, 1.807) is 5.57 Å². The Bertz CT molecular complexity index is 2540. The van der Waals surface area contributed by atoms with E-state index in [1.807, 2.05) is 0 Å². The third kappa shape index (κ3) is 4.53. The molecule has 258 valence electrons. The summed E-state index contributed by atoms with van der Waals surface area (Å²) in [7, 11) is 0. The largest absolute Gasteiger partial charge is 0.343 e. The van der Waals surface area contributed by atoms with Crippen LogP contribution in [0.15, 0.2) is 211 Å². The van der Waals surface area contributed by atoms with Crippen LogP contribution < -0.4 is 4.90 Å². The number of hydrogen-bond donors (Lipinski definition) is 0. The Morgan fingerprint density at radius 3 is 2.04 bits per heavy atom. The van der Waals surface area contributed by atoms with Crippen LogP contribution in [-0.2, 0) is 5.41 Å². The maximum atomic E-state index is 4.72. The predicted octanol–water partition coefficient (Wildman–Crippen LogP) is 12.5. The van der Waals surface area contributed by atoms with Gasteiger partial charge in [-0.1, -0.05) is 188 Å². The van der Waals surface area contributed by atoms with Crippen LogP contribution in [0.2, 0.25) is 0 Å². The van der Waals surface area contributed by atoms with Gasteiger partial charge in [0.1, 0.15) is 0 Å². The first-order chi connectivity index (χ1) is 26.7. The fourth-order valence-electron chi connectivity index (χ4n) is 10.3. The van der Waals surface area contributed by atoms with Crippen LogP contribution in [0.25, 0.3) is 16.7 Å². The Morgan fingerprint density at radius 2 is 1.26 bits per heavy atom. The molecular formula is C52H39NS. The standard InChI is InChI=1S/C52H39NS/c1-34-18-15-16-33-53(50-46(35-19-5-2-6-20-35)47(50)43-28-17-27-42-40-26-12-14-30-45(40)54-51(42)43)49-38(34)31-32-41-39-25-11-13-29-44(39)52(48(41)49,36-21-7-3-8-22-36)37-23-9-4-10-24-37/h2-33,42,46-47,50-51H,1H2/b18-15-,33-16-/t42?,46-,47?,50+,51?/m0/s1. The number of hydrogen-bond acceptors (Lipinski definition) is 2. The number of anilines is 1. The lowest BCUT2D eigenvalue weighted by molar-refractivity contribution is 0.744. The summed E-state index contributed by atoms with van der Waals surface area (Å²) in [6.07, 6.45) is 16.2. The van der Waals surface area contributed by atoms with Crippen LogP contribution in [0, 0.1) is 5.92 Å². The van der Waals surface area contributed by atoms with Gasteiger partial charge in [0.15, 0.2) is 0 Å². The van der Waals surface area contributed by atoms with Crippen LogP contribution in [-0.4, -0.2) is 11.3 Å². The normalized spacial score (nSPS) is 24.9. The van der Waals surface area contributed by atoms with Crippen molar-refractivity contribution in [3.63, 3.8) is 0 Å². The van der Waals surface area contributed by atoms with Gasteiger partial charge in [-0.3, -0.25) is 0 Å². The minimum Gasteiger partial charge on any atom is -0.343 e. The zero-order valence-electron chi connectivity index (χ0n) is 29.9. The maximum Gasteiger partial charge on any atom is 0.0734 e. The molecule has 5 atom stereocenters. The van der Waals surface area contributed by atoms with Gasteiger partial charge in [0.2, 0.25) is 0 Å². The Balaban J connectivity index is 1.17. The van der Waals surface area contributed by atoms with E-state index in [1.165, 1.54) is 60.7 Å². The third-order valence-corrected chi connectivity index (χ3v) is 14.0. The summed E-state index contributed by atoms with van der Waals surface area (Å²) >= 11 is 2.06. The number of fused-ring (bicyclic) bond motifs is 8. The van der Waals surface area contributed by atoms with Crippen molar-refractivity contribution in [1.29, 1.82) is 0 Å². The van der Waals surface area contributed by atoms with Crippen LogP contribution in [0.1, 0.15) is 50.8 Å². The third-order valence-electron chi connectivity index (χ3n) is 12.5. The molecule has 1 nitrogen and oxygen atoms in total. The number of allylic oxidation sites excluding steroid dienone is 7. The van der Waals surface area contributed by atoms with Crippen molar-refractivity contribution in [3.05, 3.63) is 245 Å². The average Bonchev–Trinajstić information content (AvgIpc) is 3.72. The van der Waals surface area contributed by atoms with E-state index in [0.717, 1.165) is 5.57 Å². The van der Waals surface area contributed by atoms with E-state index >= 15 is 0 Å². The number of nitrogens with zero attached hydrogens (tertiary/aromatic N) is 1. The highest BCUT2D eigenvalue weighted by atomic mass is 32.2. The summed E-state index contributed by atoms with van der Waals surface area (Å²) < 4.78 is 0. The van der Waals surface area contributed by atoms with Crippen LogP contribution in [0.4, 0.5) is 5.69 Å². The zero-order chi connectivity index (χ0) is 35.8. The van der Waals surface area contributed by atoms with Crippen molar-refractivity contribution in [2.24, 2.45) is 5.92 Å². The summed E-state index contributed by atoms with van der Waals surface area (Å²) in [5.41, 5.74) is 15.2. The molecule has 0 spiro atoms. The van der Waals surface area contributed by atoms with E-state index in [2.05, 4.69) is 211 Å². The fraction of sp³-hybridized carbons (Fsp3) is 0.115. The van der Waals surface area contributed by atoms with Gasteiger partial charge in [-0.15, -0.1) is 11.8 Å². The van der Waals surface area contributed by atoms with E-state index in [0.29, 0.717) is 23.0 Å². The van der Waals surface area contributed by atoms with Crippen molar-refractivity contribution in [2.75, 3.05) is 4.90 Å². The lowest BCUT2D eigenvalue weighted by Crippen LogP contribution is -2.33. The smallest absolute Gasteiger partial charge is 0.0734 e. The van der Waals surface area contributed by atoms with Crippen molar-refractivity contribution in [1.82, 2.24) is 0 Å². The molecule has 11 rings (SSSR count). The van der Waals surface area contributed by atoms with Gasteiger partial charge < -0.3 is 4.90 Å². The highest BCUT2D eigenvalue weighted by Gasteiger charge is 2.60. The first-order valence-electron chi connectivity index (χ1n) is 19.1. The van der Waals surface area contributed by atoms with Gasteiger partial charge in [0.05, 0.1) is 11.1 Å². The first-order valence-corrected chi connectivity index (χ1v) is 20.0. The van der Waals surface area contributed by atoms with Gasteiger partial charge in [-0.05, 0) is 56.7 Å². The van der Waals surface area contributed by atoms with Crippen LogP contribution in [0.3, 0.4) is 0 Å². The van der Waals surface area contributed by atoms with Crippen molar-refractivity contribution >= 4 is 23.0 Å². The topological polar surface area (TPSA) is 3.24 Å². The highest BCUT2D eigenvalue weighted by Crippen LogP contribution is 2.65. The van der Waals surface area contributed by atoms with E-state index in [-0.39, 0.29) is 6.04 Å². The van der Waals surface area contributed by atoms with Gasteiger partial charge >= 0.3 is 0 Å². The van der Waals surface area contributed by atoms with Crippen LogP contribution >= 0.6 is 11.8 Å². The van der Waals surface area contributed by atoms with Gasteiger partial charge in [0, 0.05) is 51.3 Å². The van der Waals surface area contributed by atoms with Gasteiger partial charge in [-0.2, -0.15) is 0 Å². The lowest BCUT2D eigenvalue weighted by Gasteiger charge is -2.38. The zero-order valence-corrected chi connectivity index (χ0v) is 30.7. The summed E-state index contributed by atoms with van der Waals surface area (Å²) in [5, 5.41) is 0.389. The molecule has 3 aliphatic carbocycles. The minimum atomic E-state index is -0.539. The summed E-state index contributed by atoms with van der Waals surface area (Å²) in [4.78, 5) is 4.10. The molecule has 3 unspecified atom stereocenters. The lowest BCUT2D eigenvalue weighted by atomic mass is 9.66. The highest BCUT2D eigenvalue weighted by molar-refractivity contribution is 8.00. The molecule has 6 aromatic rings. The van der Waals surface area contributed by atoms with Gasteiger partial charge in [0.25, 0.3) is 0 Å². The SMILES string of the molecule is C=C1/C=C\C=C/N([C@H]2C(C3=CC=CC4c5ccccc5SC34)[C@@H]2c2ccccc2)c2c1ccc1c2C(c2ccccc2)(c2ccccc2)c2ccccc2-1. The summed E-state index contributed by atoms with van der Waals surface area (Å²) in [6, 6.07) is 56.7. The number of rotatable bonds is 5. The molecule has 0 N–H and O–H groups in total. The van der Waals surface area contributed by atoms with Crippen LogP contribution in [0.5, 0.6) is 0 Å². The summed E-state index contributed by atoms with van der Waals surface area (Å²) in [5.74, 6) is 1.05. The molecule has 0 bridgehead atoms. The molecule has 0 saturated heterocycles. The van der Waals surface area contributed by atoms with Crippen molar-refractivity contribution < 1.29 is 0 Å². The molecule has 2 aliphatic heterocycles. The molecule has 6 aromatic carbocycles. The summed E-state index contributed by atoms with van der Waals surface area (Å²) in [6.45, 7) is 4.72. The number of benzene rings is 6. The minimum absolute atomic E-state index is 0.212. The second-order valence-corrected chi connectivity index (χ2v) is 16.3. The van der Waals surface area contributed by atoms with Crippen molar-refractivity contribution in [2.45, 2.75) is 33.4 Å². The average molecular weight is 710 g/mol. The molecule has 54 heavy (non-hydrogen) atoms. The van der Waals surface area contributed by atoms with E-state index in [9.17, 15) is 0 Å². The molecule has 1 fully saturated rings. The molecule has 5 aliphatic rings. The predicted molar refractivity (Wildman–Crippen MR) is 226 cm³/mol. The Morgan fingerprint density at radius 1 is 0.593 bits per heavy atom. The monoisotopic (exact) mass is 709 g/mol. The maximum absolute atomic E-state index is 4.72. The number of thioether (sulfide) groups is 1. The van der Waals surface area contributed by atoms with Crippen molar-refractivity contribution in [3.8, 4) is 11.1 Å². The molecule has 1 saturated carbocycles. The van der Waals surface area contributed by atoms with Gasteiger partial charge in [-0.25, -0.2) is 0 Å². The Hall–Kier alpha value is -5.83. The van der Waals surface area contributed by atoms with E-state index < -0.39 is 5.41 Å². The molecule has 0 aromatic heterocycles. The second-order valence-electron chi connectivity index (χ2n) is 15.2. The fourth-order valence-corrected chi connectivity index (χ4v) is 11.8. The molecule has 0 radical (unpaired) electrons. The molecule has 2 heteroatoms. The second kappa shape index (κ2) is 12.4. The Kier molecular flexibility index (Phi) is 7.25. The Labute approximate surface area is 322 Å². The molecule has 0 amide bonds. The molecule has 2 heterocycles. The molecular weight excluding hydrogens is 671 g/mol.